The molecule has 0 heterocycles. The number of rotatable bonds is 5. The molecule has 1 rings (SSSR count). The number of aliphatic hydroxyl groups is 2. The molecule has 1 atom stereocenters. The minimum atomic E-state index is -0.667. The Morgan fingerprint density at radius 1 is 1.38 bits per heavy atom. The molecule has 1 aromatic carbocycles. The zero-order valence-electron chi connectivity index (χ0n) is 9.57. The molecule has 0 aromatic heterocycles. The van der Waals surface area contributed by atoms with Gasteiger partial charge in [-0.15, -0.1) is 0 Å². The van der Waals surface area contributed by atoms with Crippen LogP contribution < -0.4 is 5.32 Å². The molecule has 0 saturated carbocycles. The molecular formula is C12H18ClNO2. The lowest BCUT2D eigenvalue weighted by molar-refractivity contribution is 0.136. The Labute approximate surface area is 101 Å². The molecule has 0 saturated heterocycles. The van der Waals surface area contributed by atoms with E-state index in [0.29, 0.717) is 17.1 Å². The van der Waals surface area contributed by atoms with E-state index in [1.807, 2.05) is 26.0 Å². The molecule has 16 heavy (non-hydrogen) atoms. The van der Waals surface area contributed by atoms with Crippen LogP contribution in [0.25, 0.3) is 0 Å². The molecule has 0 spiro atoms. The lowest BCUT2D eigenvalue weighted by atomic mass is 10.1. The Morgan fingerprint density at radius 3 is 2.56 bits per heavy atom. The van der Waals surface area contributed by atoms with Crippen LogP contribution in [0.3, 0.4) is 0 Å². The summed E-state index contributed by atoms with van der Waals surface area (Å²) in [5, 5.41) is 22.6. The smallest absolute Gasteiger partial charge is 0.0928 e. The highest BCUT2D eigenvalue weighted by Gasteiger charge is 2.18. The van der Waals surface area contributed by atoms with E-state index >= 15 is 0 Å². The van der Waals surface area contributed by atoms with Crippen LogP contribution >= 0.6 is 11.6 Å². The maximum atomic E-state index is 9.93. The van der Waals surface area contributed by atoms with Crippen LogP contribution in [-0.4, -0.2) is 28.9 Å². The van der Waals surface area contributed by atoms with Gasteiger partial charge < -0.3 is 15.5 Å². The quantitative estimate of drug-likeness (QED) is 0.738. The summed E-state index contributed by atoms with van der Waals surface area (Å²) in [6.07, 6.45) is -0.667. The van der Waals surface area contributed by atoms with Gasteiger partial charge in [-0.1, -0.05) is 29.8 Å². The van der Waals surface area contributed by atoms with Crippen molar-refractivity contribution >= 4 is 11.6 Å². The van der Waals surface area contributed by atoms with Crippen LogP contribution in [0.1, 0.15) is 25.5 Å². The van der Waals surface area contributed by atoms with Gasteiger partial charge in [0.1, 0.15) is 0 Å². The molecular weight excluding hydrogens is 226 g/mol. The third kappa shape index (κ3) is 3.76. The van der Waals surface area contributed by atoms with E-state index in [1.165, 1.54) is 0 Å². The van der Waals surface area contributed by atoms with Crippen molar-refractivity contribution in [2.75, 3.05) is 13.2 Å². The van der Waals surface area contributed by atoms with Gasteiger partial charge in [-0.3, -0.25) is 0 Å². The average Bonchev–Trinajstić information content (AvgIpc) is 2.27. The Hall–Kier alpha value is -0.610. The molecule has 0 aliphatic heterocycles. The van der Waals surface area contributed by atoms with Crippen LogP contribution in [0, 0.1) is 0 Å². The van der Waals surface area contributed by atoms with Crippen molar-refractivity contribution in [2.45, 2.75) is 25.5 Å². The number of hydrogen-bond donors (Lipinski definition) is 3. The molecule has 3 N–H and O–H groups in total. The fourth-order valence-electron chi connectivity index (χ4n) is 1.28. The van der Waals surface area contributed by atoms with Gasteiger partial charge in [0.05, 0.1) is 12.7 Å². The Balaban J connectivity index is 2.60. The van der Waals surface area contributed by atoms with Gasteiger partial charge in [-0.25, -0.2) is 0 Å². The number of halogens is 1. The third-order valence-corrected chi connectivity index (χ3v) is 2.78. The van der Waals surface area contributed by atoms with Crippen molar-refractivity contribution < 1.29 is 10.2 Å². The second-order valence-electron chi connectivity index (χ2n) is 4.46. The molecule has 0 fully saturated rings. The fraction of sp³-hybridized carbons (Fsp3) is 0.500. The van der Waals surface area contributed by atoms with Crippen molar-refractivity contribution in [3.8, 4) is 0 Å². The van der Waals surface area contributed by atoms with E-state index in [1.54, 1.807) is 12.1 Å². The van der Waals surface area contributed by atoms with Crippen molar-refractivity contribution in [2.24, 2.45) is 0 Å². The molecule has 3 nitrogen and oxygen atoms in total. The van der Waals surface area contributed by atoms with Crippen LogP contribution in [0.5, 0.6) is 0 Å². The summed E-state index contributed by atoms with van der Waals surface area (Å²) in [7, 11) is 0. The molecule has 0 bridgehead atoms. The van der Waals surface area contributed by atoms with Gasteiger partial charge >= 0.3 is 0 Å². The van der Waals surface area contributed by atoms with Gasteiger partial charge in [0.25, 0.3) is 0 Å². The van der Waals surface area contributed by atoms with Crippen molar-refractivity contribution in [1.82, 2.24) is 5.32 Å². The molecule has 90 valence electrons. The Morgan fingerprint density at radius 2 is 2.00 bits per heavy atom. The normalized spacial score (nSPS) is 13.8. The predicted octanol–water partition coefficient (Wildman–Crippen LogP) is 1.73. The molecule has 1 aromatic rings. The maximum absolute atomic E-state index is 9.93. The van der Waals surface area contributed by atoms with Gasteiger partial charge in [0.15, 0.2) is 0 Å². The molecule has 0 aliphatic rings. The first-order chi connectivity index (χ1) is 7.46. The average molecular weight is 244 g/mol. The van der Waals surface area contributed by atoms with E-state index in [0.717, 1.165) is 0 Å². The minimum Gasteiger partial charge on any atom is -0.394 e. The molecule has 0 radical (unpaired) electrons. The number of hydrogen-bond acceptors (Lipinski definition) is 3. The lowest BCUT2D eigenvalue weighted by Crippen LogP contribution is -2.44. The minimum absolute atomic E-state index is 0.0161. The van der Waals surface area contributed by atoms with Crippen molar-refractivity contribution in [1.29, 1.82) is 0 Å². The second kappa shape index (κ2) is 5.64. The maximum Gasteiger partial charge on any atom is 0.0928 e. The van der Waals surface area contributed by atoms with Gasteiger partial charge in [-0.2, -0.15) is 0 Å². The van der Waals surface area contributed by atoms with E-state index in [9.17, 15) is 5.11 Å². The highest BCUT2D eigenvalue weighted by molar-refractivity contribution is 6.31. The summed E-state index contributed by atoms with van der Waals surface area (Å²) in [6, 6.07) is 7.20. The number of aliphatic hydroxyl groups excluding tert-OH is 2. The van der Waals surface area contributed by atoms with E-state index in [2.05, 4.69) is 5.32 Å². The Kier molecular flexibility index (Phi) is 4.74. The summed E-state index contributed by atoms with van der Waals surface area (Å²) < 4.78 is 0. The largest absolute Gasteiger partial charge is 0.394 e. The molecule has 0 aliphatic carbocycles. The third-order valence-electron chi connectivity index (χ3n) is 2.43. The summed E-state index contributed by atoms with van der Waals surface area (Å²) in [5.41, 5.74) is 0.299. The van der Waals surface area contributed by atoms with Crippen molar-refractivity contribution in [3.05, 3.63) is 34.9 Å². The van der Waals surface area contributed by atoms with Gasteiger partial charge in [-0.05, 0) is 19.9 Å². The van der Waals surface area contributed by atoms with Crippen molar-refractivity contribution in [3.63, 3.8) is 0 Å². The number of β-amino-alcohol motifs (C(OH)–C–C–N with tert-alkyl or cyclic N) is 1. The van der Waals surface area contributed by atoms with Crippen LogP contribution in [0.2, 0.25) is 5.02 Å². The van der Waals surface area contributed by atoms with E-state index < -0.39 is 11.6 Å². The first-order valence-corrected chi connectivity index (χ1v) is 5.62. The highest BCUT2D eigenvalue weighted by Crippen LogP contribution is 2.22. The van der Waals surface area contributed by atoms with Gasteiger partial charge in [0, 0.05) is 22.7 Å². The molecule has 1 unspecified atom stereocenters. The molecule has 4 heteroatoms. The monoisotopic (exact) mass is 243 g/mol. The Bertz CT molecular complexity index is 342. The fourth-order valence-corrected chi connectivity index (χ4v) is 1.55. The SMILES string of the molecule is CC(C)(CO)NCC(O)c1ccccc1Cl. The first-order valence-electron chi connectivity index (χ1n) is 5.24. The summed E-state index contributed by atoms with van der Waals surface area (Å²) >= 11 is 5.97. The molecule has 0 amide bonds. The van der Waals surface area contributed by atoms with Gasteiger partial charge in [0.2, 0.25) is 0 Å². The summed E-state index contributed by atoms with van der Waals surface area (Å²) in [4.78, 5) is 0. The standard InChI is InChI=1S/C12H18ClNO2/c1-12(2,8-15)14-7-11(16)9-5-3-4-6-10(9)13/h3-6,11,14-16H,7-8H2,1-2H3. The first kappa shape index (κ1) is 13.5. The topological polar surface area (TPSA) is 52.5 Å². The highest BCUT2D eigenvalue weighted by atomic mass is 35.5. The number of benzene rings is 1. The van der Waals surface area contributed by atoms with Crippen LogP contribution in [0.15, 0.2) is 24.3 Å². The summed E-state index contributed by atoms with van der Waals surface area (Å²) in [6.45, 7) is 4.11. The van der Waals surface area contributed by atoms with E-state index in [-0.39, 0.29) is 6.61 Å². The van der Waals surface area contributed by atoms with E-state index in [4.69, 9.17) is 16.7 Å². The van der Waals surface area contributed by atoms with Crippen LogP contribution in [-0.2, 0) is 0 Å². The number of nitrogens with one attached hydrogen (secondary N) is 1. The second-order valence-corrected chi connectivity index (χ2v) is 4.87. The lowest BCUT2D eigenvalue weighted by Gasteiger charge is -2.25. The zero-order chi connectivity index (χ0) is 12.2. The summed E-state index contributed by atoms with van der Waals surface area (Å²) in [5.74, 6) is 0. The van der Waals surface area contributed by atoms with Crippen LogP contribution in [0.4, 0.5) is 0 Å². The predicted molar refractivity (Wildman–Crippen MR) is 65.6 cm³/mol. The zero-order valence-corrected chi connectivity index (χ0v) is 10.3.